The number of hydrogen-bond donors (Lipinski definition) is 5. The first-order valence-electron chi connectivity index (χ1n) is 19.5. The van der Waals surface area contributed by atoms with E-state index >= 15 is 0 Å². The Morgan fingerprint density at radius 3 is 2.41 bits per heavy atom. The quantitative estimate of drug-likeness (QED) is 0.0762. The topological polar surface area (TPSA) is 145 Å². The fourth-order valence-electron chi connectivity index (χ4n) is 8.09. The maximum Gasteiger partial charge on any atom is 0.419 e. The van der Waals surface area contributed by atoms with Crippen LogP contribution >= 0.6 is 12.6 Å². The zero-order valence-corrected chi connectivity index (χ0v) is 34.0. The number of fused-ring (bicyclic) bond motifs is 1. The molecule has 4 N–H and O–H groups in total. The molecule has 0 bridgehead atoms. The van der Waals surface area contributed by atoms with E-state index < -0.39 is 35.0 Å². The van der Waals surface area contributed by atoms with Crippen LogP contribution in [0.3, 0.4) is 0 Å². The summed E-state index contributed by atoms with van der Waals surface area (Å²) in [6.45, 7) is 8.06. The van der Waals surface area contributed by atoms with Crippen LogP contribution in [0.4, 0.5) is 36.1 Å². The minimum atomic E-state index is -4.72. The Kier molecular flexibility index (Phi) is 11.9. The molecule has 3 aromatic carbocycles. The Bertz CT molecular complexity index is 2300. The van der Waals surface area contributed by atoms with E-state index in [1.165, 1.54) is 30.1 Å². The number of imide groups is 1. The van der Waals surface area contributed by atoms with E-state index in [2.05, 4.69) is 43.8 Å². The van der Waals surface area contributed by atoms with Crippen molar-refractivity contribution in [1.82, 2.24) is 25.4 Å². The second-order valence-electron chi connectivity index (χ2n) is 15.4. The summed E-state index contributed by atoms with van der Waals surface area (Å²) >= 11 is 4.68. The van der Waals surface area contributed by atoms with E-state index in [1.807, 2.05) is 51.1 Å². The van der Waals surface area contributed by atoms with Crippen LogP contribution in [-0.2, 0) is 22.3 Å². The van der Waals surface area contributed by atoms with Crippen LogP contribution in [0, 0.1) is 6.92 Å². The number of benzene rings is 3. The Morgan fingerprint density at radius 2 is 1.71 bits per heavy atom. The van der Waals surface area contributed by atoms with E-state index in [1.54, 1.807) is 12.1 Å². The van der Waals surface area contributed by atoms with Gasteiger partial charge in [-0.15, -0.1) is 12.6 Å². The predicted octanol–water partition coefficient (Wildman–Crippen LogP) is 7.61. The van der Waals surface area contributed by atoms with Gasteiger partial charge in [-0.2, -0.15) is 13.2 Å². The highest BCUT2D eigenvalue weighted by Gasteiger charge is 2.44. The molecule has 3 aliphatic rings. The van der Waals surface area contributed by atoms with Crippen LogP contribution in [0.2, 0.25) is 0 Å². The van der Waals surface area contributed by atoms with Gasteiger partial charge in [0.2, 0.25) is 11.8 Å². The monoisotopic (exact) mass is 829 g/mol. The summed E-state index contributed by atoms with van der Waals surface area (Å²) in [4.78, 5) is 58.2. The van der Waals surface area contributed by atoms with Crippen LogP contribution in [0.1, 0.15) is 99.4 Å². The molecule has 4 aromatic rings. The normalized spacial score (nSPS) is 18.8. The number of hydrogen-bond acceptors (Lipinski definition) is 10. The van der Waals surface area contributed by atoms with Gasteiger partial charge in [-0.25, -0.2) is 4.98 Å². The number of carbonyl (C=O) groups excluding carboxylic acids is 4. The third-order valence-electron chi connectivity index (χ3n) is 11.0. The largest absolute Gasteiger partial charge is 0.489 e. The van der Waals surface area contributed by atoms with Gasteiger partial charge in [0.1, 0.15) is 23.0 Å². The number of thiol groups is 1. The summed E-state index contributed by atoms with van der Waals surface area (Å²) in [5.41, 5.74) is 4.04. The number of alkyl halides is 3. The summed E-state index contributed by atoms with van der Waals surface area (Å²) in [7, 11) is 1.45. The van der Waals surface area contributed by atoms with Crippen LogP contribution in [0.15, 0.2) is 66.9 Å². The van der Waals surface area contributed by atoms with Gasteiger partial charge in [-0.1, -0.05) is 24.3 Å². The molecule has 3 aliphatic heterocycles. The first-order valence-corrected chi connectivity index (χ1v) is 20.1. The number of rotatable bonds is 11. The number of aryl methyl sites for hydroxylation is 1. The fourth-order valence-corrected chi connectivity index (χ4v) is 8.58. The summed E-state index contributed by atoms with van der Waals surface area (Å²) in [5, 5.41) is 10.3. The number of piperidine rings is 2. The molecule has 4 amide bonds. The first-order chi connectivity index (χ1) is 28.1. The first kappa shape index (κ1) is 41.5. The zero-order chi connectivity index (χ0) is 42.2. The molecular formula is C43H46F3N7O5S. The van der Waals surface area contributed by atoms with Crippen LogP contribution in [-0.4, -0.2) is 70.7 Å². The van der Waals surface area contributed by atoms with Crippen molar-refractivity contribution >= 4 is 59.1 Å². The Balaban J connectivity index is 1.05. The van der Waals surface area contributed by atoms with E-state index in [0.29, 0.717) is 23.5 Å². The number of halogens is 3. The number of carbonyl (C=O) groups is 4. The maximum absolute atomic E-state index is 14.2. The van der Waals surface area contributed by atoms with E-state index in [9.17, 15) is 32.3 Å². The number of nitrogens with zero attached hydrogens (tertiary/aromatic N) is 3. The number of ether oxygens (including phenoxy) is 1. The van der Waals surface area contributed by atoms with Gasteiger partial charge in [0, 0.05) is 37.8 Å². The van der Waals surface area contributed by atoms with Gasteiger partial charge in [0.05, 0.1) is 34.3 Å². The predicted molar refractivity (Wildman–Crippen MR) is 220 cm³/mol. The van der Waals surface area contributed by atoms with Crippen molar-refractivity contribution in [2.24, 2.45) is 0 Å². The van der Waals surface area contributed by atoms with Crippen LogP contribution < -0.4 is 26.0 Å². The molecule has 16 heteroatoms. The minimum Gasteiger partial charge on any atom is -0.489 e. The second-order valence-corrected chi connectivity index (χ2v) is 15.9. The number of aromatic nitrogens is 1. The number of anilines is 4. The average molecular weight is 830 g/mol. The highest BCUT2D eigenvalue weighted by Crippen LogP contribution is 2.42. The summed E-state index contributed by atoms with van der Waals surface area (Å²) < 4.78 is 48.8. The summed E-state index contributed by atoms with van der Waals surface area (Å²) in [6.07, 6.45) is -1.98. The van der Waals surface area contributed by atoms with Gasteiger partial charge >= 0.3 is 6.18 Å². The van der Waals surface area contributed by atoms with Gasteiger partial charge in [0.15, 0.2) is 0 Å². The molecule has 7 rings (SSSR count). The third kappa shape index (κ3) is 8.88. The fraction of sp³-hybridized carbons (Fsp3) is 0.372. The van der Waals surface area contributed by atoms with E-state index in [0.717, 1.165) is 54.4 Å². The van der Waals surface area contributed by atoms with Gasteiger partial charge in [-0.05, 0) is 112 Å². The lowest BCUT2D eigenvalue weighted by Gasteiger charge is -2.33. The summed E-state index contributed by atoms with van der Waals surface area (Å²) in [5.74, 6) is -0.616. The summed E-state index contributed by atoms with van der Waals surface area (Å²) in [6, 6.07) is 16.6. The lowest BCUT2D eigenvalue weighted by Crippen LogP contribution is -2.53. The number of amides is 4. The number of likely N-dealkylation sites (tertiary alicyclic amines) is 1. The van der Waals surface area contributed by atoms with Crippen molar-refractivity contribution in [2.75, 3.05) is 30.8 Å². The molecule has 2 atom stereocenters. The standard InChI is InChI=1S/C43H46F3N7O5S/c1-23(2)58-36-19-29(24(3)17-34(36)50-37-20-33(31(21-48-37)43(44,45)46)49-32-8-6-5-7-28(32)39(55)47-4)26-13-15-52(16-14-26)22-25-9-10-27-30(18-25)41(57)53(42(27)59)35-11-12-38(54)51-40(35)56/h5-10,17-21,23,26,35,42,59H,11-16,22H2,1-4H3,(H,47,55)(H2,48,49,50)(H,51,54,56). The van der Waals surface area contributed by atoms with Gasteiger partial charge in [-0.3, -0.25) is 29.4 Å². The molecule has 0 saturated carbocycles. The maximum atomic E-state index is 14.2. The molecule has 2 saturated heterocycles. The zero-order valence-electron chi connectivity index (χ0n) is 33.1. The molecule has 2 unspecified atom stereocenters. The lowest BCUT2D eigenvalue weighted by atomic mass is 9.86. The number of para-hydroxylation sites is 1. The average Bonchev–Trinajstić information content (AvgIpc) is 3.43. The molecule has 310 valence electrons. The SMILES string of the molecule is CNC(=O)c1ccccc1Nc1cc(Nc2cc(C)c(C3CCN(Cc4ccc5c(c4)C(=O)N(C4CCC(=O)NC4=O)C5S)CC3)cc2OC(C)C)ncc1C(F)(F)F. The second kappa shape index (κ2) is 16.9. The van der Waals surface area contributed by atoms with Gasteiger partial charge in [0.25, 0.3) is 11.8 Å². The number of nitrogens with one attached hydrogen (secondary N) is 4. The van der Waals surface area contributed by atoms with E-state index in [4.69, 9.17) is 4.74 Å². The third-order valence-corrected chi connectivity index (χ3v) is 11.5. The molecule has 0 aliphatic carbocycles. The van der Waals surface area contributed by atoms with Crippen molar-refractivity contribution in [3.63, 3.8) is 0 Å². The molecule has 59 heavy (non-hydrogen) atoms. The highest BCUT2D eigenvalue weighted by molar-refractivity contribution is 7.80. The van der Waals surface area contributed by atoms with Crippen LogP contribution in [0.5, 0.6) is 5.75 Å². The molecule has 0 radical (unpaired) electrons. The highest BCUT2D eigenvalue weighted by atomic mass is 32.1. The Labute approximate surface area is 345 Å². The van der Waals surface area contributed by atoms with Crippen molar-refractivity contribution in [2.45, 2.75) is 82.6 Å². The van der Waals surface area contributed by atoms with E-state index in [-0.39, 0.29) is 59.4 Å². The minimum absolute atomic E-state index is 0.147. The Hall–Kier alpha value is -5.61. The molecule has 4 heterocycles. The van der Waals surface area contributed by atoms with Crippen molar-refractivity contribution in [3.8, 4) is 5.75 Å². The van der Waals surface area contributed by atoms with Crippen molar-refractivity contribution < 1.29 is 37.1 Å². The van der Waals surface area contributed by atoms with Crippen LogP contribution in [0.25, 0.3) is 0 Å². The van der Waals surface area contributed by atoms with Crippen molar-refractivity contribution in [3.05, 3.63) is 106 Å². The molecule has 2 fully saturated rings. The number of pyridine rings is 1. The lowest BCUT2D eigenvalue weighted by molar-refractivity contribution is -0.138. The molecular weight excluding hydrogens is 784 g/mol. The molecule has 1 aromatic heterocycles. The Morgan fingerprint density at radius 1 is 0.966 bits per heavy atom. The molecule has 0 spiro atoms. The van der Waals surface area contributed by atoms with Gasteiger partial charge < -0.3 is 25.6 Å². The van der Waals surface area contributed by atoms with Crippen molar-refractivity contribution in [1.29, 1.82) is 0 Å². The molecule has 12 nitrogen and oxygen atoms in total. The smallest absolute Gasteiger partial charge is 0.419 e.